The SMILES string of the molecule is Oc1cccc(O)c1-c1cccc2oc3ccccc3c12. The third-order valence-corrected chi connectivity index (χ3v) is 3.69. The van der Waals surface area contributed by atoms with E-state index in [2.05, 4.69) is 0 Å². The predicted molar refractivity (Wildman–Crippen MR) is 82.5 cm³/mol. The van der Waals surface area contributed by atoms with Crippen LogP contribution in [0.2, 0.25) is 0 Å². The largest absolute Gasteiger partial charge is 0.507 e. The molecule has 0 aliphatic heterocycles. The van der Waals surface area contributed by atoms with Crippen LogP contribution in [0.4, 0.5) is 0 Å². The molecule has 3 nitrogen and oxygen atoms in total. The first-order valence-corrected chi connectivity index (χ1v) is 6.67. The normalized spacial score (nSPS) is 11.2. The summed E-state index contributed by atoms with van der Waals surface area (Å²) in [4.78, 5) is 0. The summed E-state index contributed by atoms with van der Waals surface area (Å²) in [5.74, 6) is 0.0977. The highest BCUT2D eigenvalue weighted by molar-refractivity contribution is 6.13. The van der Waals surface area contributed by atoms with Gasteiger partial charge in [0, 0.05) is 16.3 Å². The number of phenols is 2. The molecular formula is C18H12O3. The maximum atomic E-state index is 10.1. The summed E-state index contributed by atoms with van der Waals surface area (Å²) in [6.07, 6.45) is 0. The molecular weight excluding hydrogens is 264 g/mol. The second-order valence-corrected chi connectivity index (χ2v) is 4.95. The van der Waals surface area contributed by atoms with Gasteiger partial charge in [-0.1, -0.05) is 36.4 Å². The third-order valence-electron chi connectivity index (χ3n) is 3.69. The van der Waals surface area contributed by atoms with Crippen LogP contribution in [-0.4, -0.2) is 10.2 Å². The van der Waals surface area contributed by atoms with Gasteiger partial charge in [-0.3, -0.25) is 0 Å². The molecule has 0 spiro atoms. The Morgan fingerprint density at radius 3 is 2.14 bits per heavy atom. The first kappa shape index (κ1) is 11.9. The molecule has 0 aliphatic carbocycles. The van der Waals surface area contributed by atoms with Crippen molar-refractivity contribution in [2.24, 2.45) is 0 Å². The van der Waals surface area contributed by atoms with E-state index in [9.17, 15) is 10.2 Å². The van der Waals surface area contributed by atoms with Crippen LogP contribution in [-0.2, 0) is 0 Å². The lowest BCUT2D eigenvalue weighted by Gasteiger charge is -2.08. The van der Waals surface area contributed by atoms with Crippen LogP contribution in [0, 0.1) is 0 Å². The molecule has 3 aromatic carbocycles. The zero-order chi connectivity index (χ0) is 14.4. The number of hydrogen-bond donors (Lipinski definition) is 2. The second kappa shape index (κ2) is 4.28. The minimum atomic E-state index is 0.0489. The van der Waals surface area contributed by atoms with E-state index in [-0.39, 0.29) is 11.5 Å². The van der Waals surface area contributed by atoms with Crippen LogP contribution in [0.25, 0.3) is 33.1 Å². The molecule has 4 aromatic rings. The van der Waals surface area contributed by atoms with Crippen molar-refractivity contribution in [2.45, 2.75) is 0 Å². The average Bonchev–Trinajstić information content (AvgIpc) is 2.86. The average molecular weight is 276 g/mol. The number of rotatable bonds is 1. The van der Waals surface area contributed by atoms with Crippen LogP contribution in [0.3, 0.4) is 0 Å². The Morgan fingerprint density at radius 1 is 0.667 bits per heavy atom. The highest BCUT2D eigenvalue weighted by Gasteiger charge is 2.16. The smallest absolute Gasteiger partial charge is 0.136 e. The molecule has 1 heterocycles. The van der Waals surface area contributed by atoms with E-state index in [1.54, 1.807) is 18.2 Å². The number of furan rings is 1. The van der Waals surface area contributed by atoms with Gasteiger partial charge in [-0.25, -0.2) is 0 Å². The Morgan fingerprint density at radius 2 is 1.33 bits per heavy atom. The second-order valence-electron chi connectivity index (χ2n) is 4.95. The maximum Gasteiger partial charge on any atom is 0.136 e. The molecule has 0 fully saturated rings. The lowest BCUT2D eigenvalue weighted by Crippen LogP contribution is -1.82. The van der Waals surface area contributed by atoms with E-state index < -0.39 is 0 Å². The van der Waals surface area contributed by atoms with Crippen LogP contribution in [0.1, 0.15) is 0 Å². The number of hydrogen-bond acceptors (Lipinski definition) is 3. The predicted octanol–water partition coefficient (Wildman–Crippen LogP) is 4.66. The first-order chi connectivity index (χ1) is 10.3. The molecule has 21 heavy (non-hydrogen) atoms. The molecule has 4 rings (SSSR count). The summed E-state index contributed by atoms with van der Waals surface area (Å²) in [7, 11) is 0. The molecule has 0 aliphatic rings. The fraction of sp³-hybridized carbons (Fsp3) is 0. The summed E-state index contributed by atoms with van der Waals surface area (Å²) in [6, 6.07) is 18.1. The zero-order valence-electron chi connectivity index (χ0n) is 11.1. The van der Waals surface area contributed by atoms with Gasteiger partial charge in [0.05, 0.1) is 5.56 Å². The Balaban J connectivity index is 2.19. The van der Waals surface area contributed by atoms with Crippen molar-refractivity contribution >= 4 is 21.9 Å². The van der Waals surface area contributed by atoms with Crippen LogP contribution < -0.4 is 0 Å². The van der Waals surface area contributed by atoms with E-state index in [0.29, 0.717) is 5.56 Å². The minimum Gasteiger partial charge on any atom is -0.507 e. The number of phenolic OH excluding ortho intramolecular Hbond substituents is 2. The fourth-order valence-corrected chi connectivity index (χ4v) is 2.79. The quantitative estimate of drug-likeness (QED) is 0.531. The topological polar surface area (TPSA) is 53.6 Å². The number of para-hydroxylation sites is 1. The van der Waals surface area contributed by atoms with Crippen molar-refractivity contribution in [3.05, 3.63) is 60.7 Å². The van der Waals surface area contributed by atoms with Crippen LogP contribution in [0.5, 0.6) is 11.5 Å². The molecule has 1 aromatic heterocycles. The van der Waals surface area contributed by atoms with E-state index in [0.717, 1.165) is 27.5 Å². The van der Waals surface area contributed by atoms with Crippen molar-refractivity contribution in [3.63, 3.8) is 0 Å². The standard InChI is InChI=1S/C18H12O3/c19-13-7-4-8-14(20)18(13)12-6-3-10-16-17(12)11-5-1-2-9-15(11)21-16/h1-10,19-20H. The van der Waals surface area contributed by atoms with Gasteiger partial charge in [0.2, 0.25) is 0 Å². The number of fused-ring (bicyclic) bond motifs is 3. The van der Waals surface area contributed by atoms with Gasteiger partial charge in [-0.05, 0) is 24.3 Å². The molecule has 0 saturated carbocycles. The van der Waals surface area contributed by atoms with Crippen molar-refractivity contribution in [3.8, 4) is 22.6 Å². The van der Waals surface area contributed by atoms with E-state index in [1.165, 1.54) is 0 Å². The van der Waals surface area contributed by atoms with Gasteiger partial charge in [0.25, 0.3) is 0 Å². The lowest BCUT2D eigenvalue weighted by molar-refractivity contribution is 0.454. The summed E-state index contributed by atoms with van der Waals surface area (Å²) in [5.41, 5.74) is 2.70. The summed E-state index contributed by atoms with van der Waals surface area (Å²) >= 11 is 0. The summed E-state index contributed by atoms with van der Waals surface area (Å²) in [6.45, 7) is 0. The highest BCUT2D eigenvalue weighted by atomic mass is 16.3. The zero-order valence-corrected chi connectivity index (χ0v) is 11.1. The van der Waals surface area contributed by atoms with Gasteiger partial charge in [-0.2, -0.15) is 0 Å². The summed E-state index contributed by atoms with van der Waals surface area (Å²) < 4.78 is 5.83. The molecule has 102 valence electrons. The number of benzene rings is 3. The summed E-state index contributed by atoms with van der Waals surface area (Å²) in [5, 5.41) is 22.1. The first-order valence-electron chi connectivity index (χ1n) is 6.67. The molecule has 3 heteroatoms. The van der Waals surface area contributed by atoms with Crippen molar-refractivity contribution < 1.29 is 14.6 Å². The van der Waals surface area contributed by atoms with Gasteiger partial charge in [0.15, 0.2) is 0 Å². The fourth-order valence-electron chi connectivity index (χ4n) is 2.79. The van der Waals surface area contributed by atoms with E-state index >= 15 is 0 Å². The monoisotopic (exact) mass is 276 g/mol. The number of aromatic hydroxyl groups is 2. The molecule has 0 atom stereocenters. The van der Waals surface area contributed by atoms with Gasteiger partial charge in [-0.15, -0.1) is 0 Å². The Labute approximate surface area is 120 Å². The Kier molecular flexibility index (Phi) is 2.42. The van der Waals surface area contributed by atoms with E-state index in [4.69, 9.17) is 4.42 Å². The molecule has 0 bridgehead atoms. The molecule has 0 unspecified atom stereocenters. The van der Waals surface area contributed by atoms with E-state index in [1.807, 2.05) is 42.5 Å². The van der Waals surface area contributed by atoms with Gasteiger partial charge in [0.1, 0.15) is 22.7 Å². The van der Waals surface area contributed by atoms with Crippen molar-refractivity contribution in [1.82, 2.24) is 0 Å². The lowest BCUT2D eigenvalue weighted by atomic mass is 9.98. The highest BCUT2D eigenvalue weighted by Crippen LogP contribution is 2.43. The molecule has 0 amide bonds. The maximum absolute atomic E-state index is 10.1. The molecule has 0 radical (unpaired) electrons. The minimum absolute atomic E-state index is 0.0489. The van der Waals surface area contributed by atoms with Crippen molar-refractivity contribution in [1.29, 1.82) is 0 Å². The Hall–Kier alpha value is -2.94. The molecule has 0 saturated heterocycles. The Bertz CT molecular complexity index is 946. The van der Waals surface area contributed by atoms with Gasteiger partial charge >= 0.3 is 0 Å². The van der Waals surface area contributed by atoms with Crippen molar-refractivity contribution in [2.75, 3.05) is 0 Å². The van der Waals surface area contributed by atoms with Crippen LogP contribution in [0.15, 0.2) is 65.1 Å². The van der Waals surface area contributed by atoms with Gasteiger partial charge < -0.3 is 14.6 Å². The molecule has 2 N–H and O–H groups in total. The third kappa shape index (κ3) is 1.68. The van der Waals surface area contributed by atoms with Crippen LogP contribution >= 0.6 is 0 Å².